The lowest BCUT2D eigenvalue weighted by atomic mass is 10.1. The second kappa shape index (κ2) is 13.1. The third kappa shape index (κ3) is 8.06. The van der Waals surface area contributed by atoms with Gasteiger partial charge in [0.1, 0.15) is 12.3 Å². The summed E-state index contributed by atoms with van der Waals surface area (Å²) >= 11 is 2.03. The molecule has 1 atom stereocenters. The Bertz CT molecular complexity index is 625. The van der Waals surface area contributed by atoms with Crippen molar-refractivity contribution in [3.05, 3.63) is 29.8 Å². The summed E-state index contributed by atoms with van der Waals surface area (Å²) < 4.78 is 5.14. The van der Waals surface area contributed by atoms with Crippen molar-refractivity contribution in [2.75, 3.05) is 39.0 Å². The molecule has 1 fully saturated rings. The van der Waals surface area contributed by atoms with Crippen LogP contribution in [0.15, 0.2) is 29.3 Å². The van der Waals surface area contributed by atoms with Crippen molar-refractivity contribution in [3.63, 3.8) is 0 Å². The molecule has 1 aliphatic heterocycles. The molecule has 1 aliphatic rings. The zero-order valence-electron chi connectivity index (χ0n) is 17.2. The second-order valence-electron chi connectivity index (χ2n) is 6.89. The maximum Gasteiger partial charge on any atom is 0.242 e. The summed E-state index contributed by atoms with van der Waals surface area (Å²) in [6, 6.07) is 7.68. The van der Waals surface area contributed by atoms with Gasteiger partial charge in [-0.2, -0.15) is 11.8 Å². The van der Waals surface area contributed by atoms with E-state index in [-0.39, 0.29) is 36.4 Å². The summed E-state index contributed by atoms with van der Waals surface area (Å²) in [4.78, 5) is 19.1. The van der Waals surface area contributed by atoms with Crippen LogP contribution in [-0.4, -0.2) is 61.1 Å². The first kappa shape index (κ1) is 24.9. The minimum absolute atomic E-state index is 0. The highest BCUT2D eigenvalue weighted by Gasteiger charge is 2.24. The van der Waals surface area contributed by atoms with Crippen molar-refractivity contribution in [2.45, 2.75) is 32.6 Å². The van der Waals surface area contributed by atoms with Crippen LogP contribution in [-0.2, 0) is 11.3 Å². The summed E-state index contributed by atoms with van der Waals surface area (Å²) in [6.45, 7) is 9.93. The number of rotatable bonds is 7. The lowest BCUT2D eigenvalue weighted by molar-refractivity contribution is -0.119. The van der Waals surface area contributed by atoms with Crippen LogP contribution in [0.1, 0.15) is 26.3 Å². The SMILES string of the molecule is CCNC(=NCC(=O)NCc1ccc(OC)cc1)N1CCSC(C(C)C)C1.I. The molecule has 1 aromatic carbocycles. The van der Waals surface area contributed by atoms with Crippen LogP contribution in [0.4, 0.5) is 0 Å². The number of aliphatic imine (C=N–C) groups is 1. The molecule has 0 bridgehead atoms. The topological polar surface area (TPSA) is 66.0 Å². The van der Waals surface area contributed by atoms with Gasteiger partial charge in [-0.05, 0) is 30.5 Å². The molecular formula is C20H33IN4O2S. The molecule has 2 rings (SSSR count). The van der Waals surface area contributed by atoms with Gasteiger partial charge in [0.05, 0.1) is 7.11 Å². The van der Waals surface area contributed by atoms with Gasteiger partial charge in [-0.3, -0.25) is 4.79 Å². The van der Waals surface area contributed by atoms with E-state index in [1.165, 1.54) is 0 Å². The zero-order valence-corrected chi connectivity index (χ0v) is 20.4. The Balaban J connectivity index is 0.00000392. The van der Waals surface area contributed by atoms with E-state index in [9.17, 15) is 4.79 Å². The molecule has 1 aromatic rings. The number of benzene rings is 1. The van der Waals surface area contributed by atoms with E-state index in [2.05, 4.69) is 41.3 Å². The molecule has 0 aliphatic carbocycles. The molecule has 0 radical (unpaired) electrons. The Labute approximate surface area is 190 Å². The summed E-state index contributed by atoms with van der Waals surface area (Å²) in [7, 11) is 1.64. The average molecular weight is 520 g/mol. The highest BCUT2D eigenvalue weighted by atomic mass is 127. The van der Waals surface area contributed by atoms with Crippen LogP contribution in [0, 0.1) is 5.92 Å². The van der Waals surface area contributed by atoms with Crippen molar-refractivity contribution in [1.82, 2.24) is 15.5 Å². The zero-order chi connectivity index (χ0) is 19.6. The number of carbonyl (C=O) groups is 1. The van der Waals surface area contributed by atoms with Gasteiger partial charge in [0.25, 0.3) is 0 Å². The minimum Gasteiger partial charge on any atom is -0.497 e. The fourth-order valence-electron chi connectivity index (χ4n) is 2.84. The van der Waals surface area contributed by atoms with Crippen LogP contribution in [0.5, 0.6) is 5.75 Å². The van der Waals surface area contributed by atoms with Gasteiger partial charge < -0.3 is 20.3 Å². The van der Waals surface area contributed by atoms with E-state index in [0.29, 0.717) is 17.7 Å². The molecule has 1 saturated heterocycles. The van der Waals surface area contributed by atoms with Crippen molar-refractivity contribution >= 4 is 47.6 Å². The summed E-state index contributed by atoms with van der Waals surface area (Å²) in [5, 5.41) is 6.86. The third-order valence-electron chi connectivity index (χ3n) is 4.49. The highest BCUT2D eigenvalue weighted by molar-refractivity contribution is 14.0. The van der Waals surface area contributed by atoms with E-state index >= 15 is 0 Å². The maximum absolute atomic E-state index is 12.2. The molecule has 0 spiro atoms. The Morgan fingerprint density at radius 3 is 2.64 bits per heavy atom. The largest absolute Gasteiger partial charge is 0.497 e. The van der Waals surface area contributed by atoms with Crippen LogP contribution in [0.2, 0.25) is 0 Å². The summed E-state index contributed by atoms with van der Waals surface area (Å²) in [5.74, 6) is 3.30. The van der Waals surface area contributed by atoms with E-state index in [1.807, 2.05) is 36.0 Å². The van der Waals surface area contributed by atoms with E-state index < -0.39 is 0 Å². The van der Waals surface area contributed by atoms with Crippen molar-refractivity contribution in [1.29, 1.82) is 0 Å². The van der Waals surface area contributed by atoms with Crippen molar-refractivity contribution in [2.24, 2.45) is 10.9 Å². The van der Waals surface area contributed by atoms with Gasteiger partial charge >= 0.3 is 0 Å². The number of thioether (sulfide) groups is 1. The molecule has 0 aromatic heterocycles. The molecule has 0 saturated carbocycles. The average Bonchev–Trinajstić information content (AvgIpc) is 2.70. The van der Waals surface area contributed by atoms with Gasteiger partial charge in [0.15, 0.2) is 5.96 Å². The van der Waals surface area contributed by atoms with Crippen molar-refractivity contribution in [3.8, 4) is 5.75 Å². The van der Waals surface area contributed by atoms with E-state index in [0.717, 1.165) is 42.7 Å². The van der Waals surface area contributed by atoms with E-state index in [4.69, 9.17) is 4.74 Å². The standard InChI is InChI=1S/C20H32N4O2S.HI/c1-5-21-20(24-10-11-27-18(14-24)15(2)3)23-13-19(25)22-12-16-6-8-17(26-4)9-7-16;/h6-9,15,18H,5,10-14H2,1-4H3,(H,21,23)(H,22,25);1H. The Hall–Kier alpha value is -1.16. The van der Waals surface area contributed by atoms with Gasteiger partial charge in [-0.1, -0.05) is 26.0 Å². The molecule has 1 heterocycles. The minimum atomic E-state index is -0.0759. The first-order valence-corrected chi connectivity index (χ1v) is 10.6. The van der Waals surface area contributed by atoms with Gasteiger partial charge in [0.2, 0.25) is 5.91 Å². The molecule has 8 heteroatoms. The number of methoxy groups -OCH3 is 1. The number of nitrogens with zero attached hydrogens (tertiary/aromatic N) is 2. The molecular weight excluding hydrogens is 487 g/mol. The number of halogens is 1. The molecule has 158 valence electrons. The van der Waals surface area contributed by atoms with Crippen LogP contribution in [0.25, 0.3) is 0 Å². The lowest BCUT2D eigenvalue weighted by Crippen LogP contribution is -2.49. The molecule has 28 heavy (non-hydrogen) atoms. The Morgan fingerprint density at radius 1 is 1.32 bits per heavy atom. The Morgan fingerprint density at radius 2 is 2.04 bits per heavy atom. The number of amides is 1. The Kier molecular flexibility index (Phi) is 11.7. The third-order valence-corrected chi connectivity index (χ3v) is 6.03. The number of carbonyl (C=O) groups excluding carboxylic acids is 1. The fourth-order valence-corrected chi connectivity index (χ4v) is 4.14. The van der Waals surface area contributed by atoms with Gasteiger partial charge in [0, 0.05) is 37.2 Å². The van der Waals surface area contributed by atoms with Gasteiger partial charge in [-0.25, -0.2) is 4.99 Å². The van der Waals surface area contributed by atoms with Crippen LogP contribution < -0.4 is 15.4 Å². The molecule has 6 nitrogen and oxygen atoms in total. The lowest BCUT2D eigenvalue weighted by Gasteiger charge is -2.36. The maximum atomic E-state index is 12.2. The van der Waals surface area contributed by atoms with Crippen LogP contribution >= 0.6 is 35.7 Å². The predicted octanol–water partition coefficient (Wildman–Crippen LogP) is 2.97. The van der Waals surface area contributed by atoms with Gasteiger partial charge in [-0.15, -0.1) is 24.0 Å². The smallest absolute Gasteiger partial charge is 0.242 e. The number of hydrogen-bond donors (Lipinski definition) is 2. The fraction of sp³-hybridized carbons (Fsp3) is 0.600. The first-order valence-electron chi connectivity index (χ1n) is 9.58. The second-order valence-corrected chi connectivity index (χ2v) is 8.24. The number of nitrogens with one attached hydrogen (secondary N) is 2. The number of ether oxygens (including phenoxy) is 1. The highest BCUT2D eigenvalue weighted by Crippen LogP contribution is 2.24. The monoisotopic (exact) mass is 520 g/mol. The molecule has 1 unspecified atom stereocenters. The number of guanidine groups is 1. The number of hydrogen-bond acceptors (Lipinski definition) is 4. The predicted molar refractivity (Wildman–Crippen MR) is 129 cm³/mol. The van der Waals surface area contributed by atoms with Crippen LogP contribution in [0.3, 0.4) is 0 Å². The van der Waals surface area contributed by atoms with E-state index in [1.54, 1.807) is 7.11 Å². The normalized spacial score (nSPS) is 17.1. The molecule has 2 N–H and O–H groups in total. The summed E-state index contributed by atoms with van der Waals surface area (Å²) in [6.07, 6.45) is 0. The molecule has 1 amide bonds. The first-order chi connectivity index (χ1) is 13.0. The summed E-state index contributed by atoms with van der Waals surface area (Å²) in [5.41, 5.74) is 1.04. The van der Waals surface area contributed by atoms with Crippen molar-refractivity contribution < 1.29 is 9.53 Å². The quantitative estimate of drug-likeness (QED) is 0.329.